The largest absolute Gasteiger partial charge is 0.413 e. The van der Waals surface area contributed by atoms with Crippen molar-refractivity contribution in [2.45, 2.75) is 71.9 Å². The number of rotatable bonds is 9. The summed E-state index contributed by atoms with van der Waals surface area (Å²) in [7, 11) is -1.87. The summed E-state index contributed by atoms with van der Waals surface area (Å²) in [4.78, 5) is 20.3. The molecule has 8 heteroatoms. The van der Waals surface area contributed by atoms with Crippen LogP contribution in [0.3, 0.4) is 0 Å². The number of halogens is 1. The van der Waals surface area contributed by atoms with Crippen molar-refractivity contribution in [1.29, 1.82) is 0 Å². The fourth-order valence-corrected chi connectivity index (χ4v) is 4.49. The minimum atomic E-state index is -1.87. The molecule has 3 aromatic rings. The molecular formula is C27H37ClN4O2Si. The Labute approximate surface area is 215 Å². The summed E-state index contributed by atoms with van der Waals surface area (Å²) in [5.74, 6) is 0.560. The summed E-state index contributed by atoms with van der Waals surface area (Å²) >= 11 is 6.39. The molecule has 2 heterocycles. The Kier molecular flexibility index (Phi) is 8.46. The summed E-state index contributed by atoms with van der Waals surface area (Å²) in [6.45, 7) is 16.3. The Balaban J connectivity index is 1.68. The SMILES string of the molecule is CC(C)Nc1cc(-c2c[nH]c(C(=O)NCc3ccccc3CO[Si](C)(C)C(C)(C)C)c2)c(Cl)cn1. The van der Waals surface area contributed by atoms with Gasteiger partial charge in [-0.15, -0.1) is 0 Å². The molecule has 0 fully saturated rings. The highest BCUT2D eigenvalue weighted by Crippen LogP contribution is 2.37. The lowest BCUT2D eigenvalue weighted by molar-refractivity contribution is 0.0946. The van der Waals surface area contributed by atoms with Crippen LogP contribution in [0.2, 0.25) is 23.2 Å². The van der Waals surface area contributed by atoms with E-state index in [1.165, 1.54) is 0 Å². The van der Waals surface area contributed by atoms with Crippen molar-refractivity contribution in [3.63, 3.8) is 0 Å². The zero-order chi connectivity index (χ0) is 25.8. The minimum Gasteiger partial charge on any atom is -0.413 e. The van der Waals surface area contributed by atoms with E-state index in [9.17, 15) is 4.79 Å². The van der Waals surface area contributed by atoms with Crippen molar-refractivity contribution in [3.8, 4) is 11.1 Å². The molecule has 0 spiro atoms. The van der Waals surface area contributed by atoms with Gasteiger partial charge in [0.15, 0.2) is 8.32 Å². The number of benzene rings is 1. The Morgan fingerprint density at radius 2 is 1.86 bits per heavy atom. The molecule has 0 unspecified atom stereocenters. The number of carbonyl (C=O) groups is 1. The van der Waals surface area contributed by atoms with E-state index in [4.69, 9.17) is 16.0 Å². The van der Waals surface area contributed by atoms with Gasteiger partial charge in [0.05, 0.1) is 11.6 Å². The van der Waals surface area contributed by atoms with Gasteiger partial charge in [-0.3, -0.25) is 4.79 Å². The fraction of sp³-hybridized carbons (Fsp3) is 0.407. The standard InChI is InChI=1S/C27H37ClN4O2Si/c1-18(2)32-25-13-22(23(28)16-30-25)21-12-24(29-15-21)26(33)31-14-19-10-8-9-11-20(19)17-34-35(6,7)27(3,4)5/h8-13,15-16,18,29H,14,17H2,1-7H3,(H,30,32)(H,31,33). The molecule has 0 aliphatic rings. The first-order valence-corrected chi connectivity index (χ1v) is 15.3. The Bertz CT molecular complexity index is 1170. The highest BCUT2D eigenvalue weighted by Gasteiger charge is 2.37. The van der Waals surface area contributed by atoms with E-state index in [1.807, 2.05) is 44.2 Å². The molecule has 1 amide bonds. The average molecular weight is 513 g/mol. The highest BCUT2D eigenvalue weighted by atomic mass is 35.5. The molecule has 0 saturated carbocycles. The van der Waals surface area contributed by atoms with Gasteiger partial charge >= 0.3 is 0 Å². The van der Waals surface area contributed by atoms with Crippen molar-refractivity contribution in [2.24, 2.45) is 0 Å². The van der Waals surface area contributed by atoms with E-state index in [2.05, 4.69) is 60.5 Å². The van der Waals surface area contributed by atoms with Crippen LogP contribution in [0.1, 0.15) is 56.2 Å². The molecule has 0 aliphatic carbocycles. The Morgan fingerprint density at radius 1 is 1.17 bits per heavy atom. The number of hydrogen-bond donors (Lipinski definition) is 3. The number of aromatic nitrogens is 2. The first-order chi connectivity index (χ1) is 16.4. The van der Waals surface area contributed by atoms with Crippen molar-refractivity contribution >= 4 is 31.6 Å². The van der Waals surface area contributed by atoms with Crippen molar-refractivity contribution < 1.29 is 9.22 Å². The number of anilines is 1. The predicted octanol–water partition coefficient (Wildman–Crippen LogP) is 7.00. The molecule has 3 rings (SSSR count). The van der Waals surface area contributed by atoms with Crippen LogP contribution >= 0.6 is 11.6 Å². The second-order valence-corrected chi connectivity index (χ2v) is 15.9. The number of nitrogens with one attached hydrogen (secondary N) is 3. The lowest BCUT2D eigenvalue weighted by Crippen LogP contribution is -2.40. The second kappa shape index (κ2) is 11.0. The summed E-state index contributed by atoms with van der Waals surface area (Å²) < 4.78 is 6.41. The van der Waals surface area contributed by atoms with E-state index in [1.54, 1.807) is 12.4 Å². The topological polar surface area (TPSA) is 79.0 Å². The van der Waals surface area contributed by atoms with Gasteiger partial charge in [0.2, 0.25) is 0 Å². The minimum absolute atomic E-state index is 0.144. The van der Waals surface area contributed by atoms with E-state index >= 15 is 0 Å². The molecule has 0 aliphatic heterocycles. The molecule has 2 aromatic heterocycles. The molecule has 0 saturated heterocycles. The molecule has 0 atom stereocenters. The van der Waals surface area contributed by atoms with Crippen LogP contribution in [0.15, 0.2) is 48.8 Å². The van der Waals surface area contributed by atoms with Crippen LogP contribution in [0, 0.1) is 0 Å². The van der Waals surface area contributed by atoms with Crippen molar-refractivity contribution in [3.05, 3.63) is 70.6 Å². The van der Waals surface area contributed by atoms with Gasteiger partial charge in [-0.2, -0.15) is 0 Å². The molecular weight excluding hydrogens is 476 g/mol. The third-order valence-corrected chi connectivity index (χ3v) is 11.3. The number of aromatic amines is 1. The first kappa shape index (κ1) is 27.0. The molecule has 6 nitrogen and oxygen atoms in total. The maximum Gasteiger partial charge on any atom is 0.267 e. The number of nitrogens with zero attached hydrogens (tertiary/aromatic N) is 1. The Morgan fingerprint density at radius 3 is 2.51 bits per heavy atom. The van der Waals surface area contributed by atoms with Crippen molar-refractivity contribution in [1.82, 2.24) is 15.3 Å². The molecule has 0 bridgehead atoms. The van der Waals surface area contributed by atoms with Gasteiger partial charge < -0.3 is 20.0 Å². The van der Waals surface area contributed by atoms with E-state index in [-0.39, 0.29) is 17.0 Å². The zero-order valence-corrected chi connectivity index (χ0v) is 23.5. The van der Waals surface area contributed by atoms with Gasteiger partial charge in [0.25, 0.3) is 5.91 Å². The lowest BCUT2D eigenvalue weighted by atomic mass is 10.1. The summed E-state index contributed by atoms with van der Waals surface area (Å²) in [6, 6.07) is 12.0. The fourth-order valence-electron chi connectivity index (χ4n) is 3.33. The number of pyridine rings is 1. The van der Waals surface area contributed by atoms with Gasteiger partial charge in [0, 0.05) is 36.1 Å². The van der Waals surface area contributed by atoms with E-state index in [0.29, 0.717) is 23.9 Å². The smallest absolute Gasteiger partial charge is 0.267 e. The predicted molar refractivity (Wildman–Crippen MR) is 147 cm³/mol. The third kappa shape index (κ3) is 6.96. The molecule has 188 valence electrons. The number of hydrogen-bond acceptors (Lipinski definition) is 4. The number of carbonyl (C=O) groups excluding carboxylic acids is 1. The van der Waals surface area contributed by atoms with E-state index in [0.717, 1.165) is 28.1 Å². The maximum atomic E-state index is 12.9. The molecule has 3 N–H and O–H groups in total. The second-order valence-electron chi connectivity index (χ2n) is 10.7. The van der Waals surface area contributed by atoms with Crippen LogP contribution in [0.5, 0.6) is 0 Å². The van der Waals surface area contributed by atoms with Crippen molar-refractivity contribution in [2.75, 3.05) is 5.32 Å². The average Bonchev–Trinajstić information content (AvgIpc) is 3.27. The Hall–Kier alpha value is -2.61. The van der Waals surface area contributed by atoms with Crippen LogP contribution < -0.4 is 10.6 Å². The number of H-pyrrole nitrogens is 1. The molecule has 0 radical (unpaired) electrons. The summed E-state index contributed by atoms with van der Waals surface area (Å²) in [6.07, 6.45) is 3.41. The van der Waals surface area contributed by atoms with Crippen LogP contribution in [-0.2, 0) is 17.6 Å². The number of amides is 1. The third-order valence-electron chi connectivity index (χ3n) is 6.48. The maximum absolute atomic E-state index is 12.9. The molecule has 35 heavy (non-hydrogen) atoms. The lowest BCUT2D eigenvalue weighted by Gasteiger charge is -2.36. The van der Waals surface area contributed by atoms with Crippen LogP contribution in [0.4, 0.5) is 5.82 Å². The van der Waals surface area contributed by atoms with Gasteiger partial charge in [-0.25, -0.2) is 4.98 Å². The monoisotopic (exact) mass is 512 g/mol. The van der Waals surface area contributed by atoms with Gasteiger partial charge in [-0.1, -0.05) is 56.6 Å². The normalized spacial score (nSPS) is 12.1. The summed E-state index contributed by atoms with van der Waals surface area (Å²) in [5, 5.41) is 6.98. The summed E-state index contributed by atoms with van der Waals surface area (Å²) in [5.41, 5.74) is 4.26. The van der Waals surface area contributed by atoms with E-state index < -0.39 is 8.32 Å². The first-order valence-electron chi connectivity index (χ1n) is 12.0. The van der Waals surface area contributed by atoms with Crippen LogP contribution in [0.25, 0.3) is 11.1 Å². The quantitative estimate of drug-likeness (QED) is 0.269. The van der Waals surface area contributed by atoms with Gasteiger partial charge in [-0.05, 0) is 55.2 Å². The van der Waals surface area contributed by atoms with Crippen LogP contribution in [-0.4, -0.2) is 30.2 Å². The molecule has 1 aromatic carbocycles. The zero-order valence-electron chi connectivity index (χ0n) is 21.8. The van der Waals surface area contributed by atoms with Gasteiger partial charge in [0.1, 0.15) is 11.5 Å². The highest BCUT2D eigenvalue weighted by molar-refractivity contribution is 6.74.